The Bertz CT molecular complexity index is 800. The van der Waals surface area contributed by atoms with E-state index in [0.29, 0.717) is 33.6 Å². The molecule has 0 atom stereocenters. The highest BCUT2D eigenvalue weighted by Crippen LogP contribution is 2.33. The summed E-state index contributed by atoms with van der Waals surface area (Å²) in [6.07, 6.45) is 0.280. The number of ketones is 1. The van der Waals surface area contributed by atoms with Crippen molar-refractivity contribution >= 4 is 28.2 Å². The van der Waals surface area contributed by atoms with Crippen LogP contribution in [0.4, 0.5) is 5.13 Å². The van der Waals surface area contributed by atoms with Gasteiger partial charge in [0, 0.05) is 12.7 Å². The van der Waals surface area contributed by atoms with Crippen molar-refractivity contribution in [3.05, 3.63) is 34.3 Å². The van der Waals surface area contributed by atoms with Crippen molar-refractivity contribution < 1.29 is 19.1 Å². The van der Waals surface area contributed by atoms with Gasteiger partial charge >= 0.3 is 0 Å². The summed E-state index contributed by atoms with van der Waals surface area (Å²) < 4.78 is 10.8. The van der Waals surface area contributed by atoms with Crippen LogP contribution in [0.25, 0.3) is 0 Å². The first-order valence-electron chi connectivity index (χ1n) is 7.37. The van der Waals surface area contributed by atoms with E-state index in [-0.39, 0.29) is 18.1 Å². The van der Waals surface area contributed by atoms with E-state index < -0.39 is 5.60 Å². The minimum Gasteiger partial charge on any atom is -0.487 e. The van der Waals surface area contributed by atoms with E-state index in [9.17, 15) is 9.59 Å². The number of nitrogens with zero attached hydrogens (tertiary/aromatic N) is 2. The van der Waals surface area contributed by atoms with Crippen molar-refractivity contribution in [3.8, 4) is 5.75 Å². The molecule has 1 aromatic heterocycles. The Morgan fingerprint density at radius 2 is 2.21 bits per heavy atom. The highest BCUT2D eigenvalue weighted by Gasteiger charge is 2.32. The molecular weight excluding hydrogens is 330 g/mol. The monoisotopic (exact) mass is 347 g/mol. The van der Waals surface area contributed by atoms with Gasteiger partial charge in [-0.3, -0.25) is 14.9 Å². The average molecular weight is 347 g/mol. The normalized spacial score (nSPS) is 15.5. The van der Waals surface area contributed by atoms with Gasteiger partial charge in [-0.05, 0) is 32.0 Å². The number of carbonyl (C=O) groups excluding carboxylic acids is 2. The first-order valence-corrected chi connectivity index (χ1v) is 8.18. The molecule has 8 heteroatoms. The molecule has 0 bridgehead atoms. The lowest BCUT2D eigenvalue weighted by Crippen LogP contribution is -2.36. The third kappa shape index (κ3) is 3.44. The van der Waals surface area contributed by atoms with Crippen molar-refractivity contribution in [3.63, 3.8) is 0 Å². The second-order valence-electron chi connectivity index (χ2n) is 6.06. The number of carbonyl (C=O) groups is 2. The molecule has 2 heterocycles. The second-order valence-corrected chi connectivity index (χ2v) is 7.12. The van der Waals surface area contributed by atoms with Crippen LogP contribution >= 0.6 is 11.3 Å². The minimum atomic E-state index is -0.530. The van der Waals surface area contributed by atoms with Gasteiger partial charge in [-0.15, -0.1) is 10.2 Å². The molecule has 3 rings (SSSR count). The predicted octanol–water partition coefficient (Wildman–Crippen LogP) is 2.68. The maximum atomic E-state index is 12.3. The van der Waals surface area contributed by atoms with Gasteiger partial charge in [0.1, 0.15) is 23.0 Å². The summed E-state index contributed by atoms with van der Waals surface area (Å²) in [6.45, 7) is 4.07. The lowest BCUT2D eigenvalue weighted by molar-refractivity contribution is 0.0620. The number of benzene rings is 1. The molecule has 1 aromatic carbocycles. The fraction of sp³-hybridized carbons (Fsp3) is 0.375. The van der Waals surface area contributed by atoms with Crippen LogP contribution in [0.15, 0.2) is 18.2 Å². The Morgan fingerprint density at radius 3 is 2.96 bits per heavy atom. The first-order chi connectivity index (χ1) is 11.4. The molecular formula is C16H17N3O4S. The molecule has 0 fully saturated rings. The smallest absolute Gasteiger partial charge is 0.257 e. The fourth-order valence-corrected chi connectivity index (χ4v) is 3.16. The number of hydrogen-bond acceptors (Lipinski definition) is 7. The van der Waals surface area contributed by atoms with Crippen LogP contribution in [0.2, 0.25) is 0 Å². The SMILES string of the molecule is COCc1nnc(NC(=O)c2ccc3c(c2)C(=O)CC(C)(C)O3)s1. The molecule has 0 aliphatic carbocycles. The maximum absolute atomic E-state index is 12.3. The Balaban J connectivity index is 1.78. The van der Waals surface area contributed by atoms with Crippen molar-refractivity contribution in [1.82, 2.24) is 10.2 Å². The lowest BCUT2D eigenvalue weighted by atomic mass is 9.92. The summed E-state index contributed by atoms with van der Waals surface area (Å²) in [5.74, 6) is 0.121. The third-order valence-corrected chi connectivity index (χ3v) is 4.28. The topological polar surface area (TPSA) is 90.4 Å². The van der Waals surface area contributed by atoms with Crippen LogP contribution in [-0.2, 0) is 11.3 Å². The Kier molecular flexibility index (Phi) is 4.33. The summed E-state index contributed by atoms with van der Waals surface area (Å²) in [7, 11) is 1.56. The van der Waals surface area contributed by atoms with Crippen LogP contribution in [0.1, 0.15) is 46.0 Å². The van der Waals surface area contributed by atoms with Crippen LogP contribution < -0.4 is 10.1 Å². The molecule has 24 heavy (non-hydrogen) atoms. The number of anilines is 1. The summed E-state index contributed by atoms with van der Waals surface area (Å²) in [5.41, 5.74) is 0.270. The number of ether oxygens (including phenoxy) is 2. The van der Waals surface area contributed by atoms with Gasteiger partial charge in [-0.25, -0.2) is 0 Å². The van der Waals surface area contributed by atoms with Crippen LogP contribution in [0, 0.1) is 0 Å². The summed E-state index contributed by atoms with van der Waals surface area (Å²) in [6, 6.07) is 4.83. The largest absolute Gasteiger partial charge is 0.487 e. The van der Waals surface area contributed by atoms with Gasteiger partial charge in [0.15, 0.2) is 5.78 Å². The van der Waals surface area contributed by atoms with Crippen LogP contribution in [0.5, 0.6) is 5.75 Å². The van der Waals surface area contributed by atoms with Crippen molar-refractivity contribution in [2.24, 2.45) is 0 Å². The lowest BCUT2D eigenvalue weighted by Gasteiger charge is -2.31. The van der Waals surface area contributed by atoms with Gasteiger partial charge < -0.3 is 9.47 Å². The van der Waals surface area contributed by atoms with Gasteiger partial charge in [0.2, 0.25) is 5.13 Å². The summed E-state index contributed by atoms with van der Waals surface area (Å²) in [5, 5.41) is 11.5. The van der Waals surface area contributed by atoms with E-state index in [4.69, 9.17) is 9.47 Å². The molecule has 126 valence electrons. The third-order valence-electron chi connectivity index (χ3n) is 3.47. The van der Waals surface area contributed by atoms with Crippen molar-refractivity contribution in [2.45, 2.75) is 32.5 Å². The zero-order valence-corrected chi connectivity index (χ0v) is 14.4. The number of amides is 1. The molecule has 1 N–H and O–H groups in total. The van der Waals surface area contributed by atoms with E-state index >= 15 is 0 Å². The molecule has 1 aliphatic rings. The maximum Gasteiger partial charge on any atom is 0.257 e. The summed E-state index contributed by atoms with van der Waals surface area (Å²) >= 11 is 1.24. The zero-order chi connectivity index (χ0) is 17.3. The molecule has 0 radical (unpaired) electrons. The molecule has 0 saturated carbocycles. The van der Waals surface area contributed by atoms with Crippen LogP contribution in [0.3, 0.4) is 0 Å². The number of methoxy groups -OCH3 is 1. The van der Waals surface area contributed by atoms with Gasteiger partial charge in [-0.2, -0.15) is 0 Å². The van der Waals surface area contributed by atoms with Gasteiger partial charge in [0.05, 0.1) is 12.0 Å². The van der Waals surface area contributed by atoms with Crippen molar-refractivity contribution in [2.75, 3.05) is 12.4 Å². The number of hydrogen-bond donors (Lipinski definition) is 1. The van der Waals surface area contributed by atoms with E-state index in [1.165, 1.54) is 11.3 Å². The standard InChI is InChI=1S/C16H17N3O4S/c1-16(2)7-11(20)10-6-9(4-5-12(10)23-16)14(21)17-15-19-18-13(24-15)8-22-3/h4-6H,7-8H2,1-3H3,(H,17,19,21). The van der Waals surface area contributed by atoms with E-state index in [1.54, 1.807) is 25.3 Å². The number of Topliss-reactive ketones (excluding diaryl/α,β-unsaturated/α-hetero) is 1. The average Bonchev–Trinajstić information content (AvgIpc) is 2.93. The molecule has 1 aliphatic heterocycles. The second kappa shape index (κ2) is 6.29. The Morgan fingerprint density at radius 1 is 1.42 bits per heavy atom. The molecule has 2 aromatic rings. The zero-order valence-electron chi connectivity index (χ0n) is 13.6. The van der Waals surface area contributed by atoms with Crippen molar-refractivity contribution in [1.29, 1.82) is 0 Å². The first kappa shape index (κ1) is 16.5. The van der Waals surface area contributed by atoms with E-state index in [2.05, 4.69) is 15.5 Å². The number of aromatic nitrogens is 2. The Labute approximate surface area is 143 Å². The molecule has 0 saturated heterocycles. The molecule has 1 amide bonds. The molecule has 0 spiro atoms. The molecule has 0 unspecified atom stereocenters. The highest BCUT2D eigenvalue weighted by molar-refractivity contribution is 7.15. The number of fused-ring (bicyclic) bond motifs is 1. The summed E-state index contributed by atoms with van der Waals surface area (Å²) in [4.78, 5) is 24.6. The Hall–Kier alpha value is -2.32. The van der Waals surface area contributed by atoms with Gasteiger partial charge in [-0.1, -0.05) is 11.3 Å². The number of nitrogens with one attached hydrogen (secondary N) is 1. The van der Waals surface area contributed by atoms with E-state index in [0.717, 1.165) is 0 Å². The predicted molar refractivity (Wildman–Crippen MR) is 88.7 cm³/mol. The van der Waals surface area contributed by atoms with E-state index in [1.807, 2.05) is 13.8 Å². The molecule has 7 nitrogen and oxygen atoms in total. The number of rotatable bonds is 4. The van der Waals surface area contributed by atoms with Crippen LogP contribution in [-0.4, -0.2) is 34.6 Å². The highest BCUT2D eigenvalue weighted by atomic mass is 32.1. The fourth-order valence-electron chi connectivity index (χ4n) is 2.45. The minimum absolute atomic E-state index is 0.0332. The van der Waals surface area contributed by atoms with Gasteiger partial charge in [0.25, 0.3) is 5.91 Å². The quantitative estimate of drug-likeness (QED) is 0.914.